The van der Waals surface area contributed by atoms with Gasteiger partial charge >= 0.3 is 5.97 Å². The van der Waals surface area contributed by atoms with E-state index >= 15 is 0 Å². The molecule has 2 saturated heterocycles. The maximum absolute atomic E-state index is 12.0. The van der Waals surface area contributed by atoms with Crippen molar-refractivity contribution in [2.24, 2.45) is 5.92 Å². The number of carbonyl (C=O) groups excluding carboxylic acids is 1. The average molecular weight is 239 g/mol. The van der Waals surface area contributed by atoms with Gasteiger partial charge < -0.3 is 10.0 Å². The largest absolute Gasteiger partial charge is 0.480 e. The summed E-state index contributed by atoms with van der Waals surface area (Å²) in [5.74, 6) is -0.132. The Balaban J connectivity index is 2.15. The number of rotatable bonds is 2. The normalized spacial score (nSPS) is 34.1. The van der Waals surface area contributed by atoms with E-state index in [4.69, 9.17) is 5.11 Å². The van der Waals surface area contributed by atoms with Gasteiger partial charge in [-0.1, -0.05) is 13.3 Å². The monoisotopic (exact) mass is 239 g/mol. The van der Waals surface area contributed by atoms with Gasteiger partial charge in [-0.15, -0.1) is 0 Å². The number of carbonyl (C=O) groups is 2. The number of aliphatic carboxylic acids is 1. The molecule has 0 bridgehead atoms. The third-order valence-corrected chi connectivity index (χ3v) is 4.26. The molecule has 4 nitrogen and oxygen atoms in total. The Morgan fingerprint density at radius 2 is 2.18 bits per heavy atom. The average Bonchev–Trinajstić information content (AvgIpc) is 2.68. The number of nitrogens with zero attached hydrogens (tertiary/aromatic N) is 1. The van der Waals surface area contributed by atoms with Crippen LogP contribution in [-0.4, -0.2) is 34.0 Å². The van der Waals surface area contributed by atoms with E-state index in [1.165, 1.54) is 0 Å². The van der Waals surface area contributed by atoms with Gasteiger partial charge in [0.05, 0.1) is 0 Å². The molecule has 2 fully saturated rings. The van der Waals surface area contributed by atoms with Gasteiger partial charge in [0.1, 0.15) is 6.04 Å². The van der Waals surface area contributed by atoms with Crippen molar-refractivity contribution in [3.05, 3.63) is 0 Å². The molecule has 4 heteroatoms. The van der Waals surface area contributed by atoms with Crippen LogP contribution in [0.1, 0.15) is 51.9 Å². The minimum absolute atomic E-state index is 0.0504. The van der Waals surface area contributed by atoms with Gasteiger partial charge in [-0.3, -0.25) is 4.79 Å². The van der Waals surface area contributed by atoms with Crippen LogP contribution in [0.4, 0.5) is 0 Å². The molecule has 0 aromatic rings. The zero-order valence-corrected chi connectivity index (χ0v) is 10.4. The van der Waals surface area contributed by atoms with E-state index in [1.807, 2.05) is 0 Å². The summed E-state index contributed by atoms with van der Waals surface area (Å²) in [7, 11) is 0. The number of fused-ring (bicyclic) bond motifs is 1. The molecule has 0 aliphatic carbocycles. The topological polar surface area (TPSA) is 57.6 Å². The van der Waals surface area contributed by atoms with E-state index in [0.717, 1.165) is 32.1 Å². The van der Waals surface area contributed by atoms with Gasteiger partial charge in [0, 0.05) is 12.5 Å². The van der Waals surface area contributed by atoms with E-state index in [1.54, 1.807) is 4.90 Å². The fourth-order valence-corrected chi connectivity index (χ4v) is 3.28. The highest BCUT2D eigenvalue weighted by Gasteiger charge is 2.41. The quantitative estimate of drug-likeness (QED) is 0.802. The minimum atomic E-state index is -0.838. The van der Waals surface area contributed by atoms with Gasteiger partial charge in [-0.25, -0.2) is 4.79 Å². The predicted molar refractivity (Wildman–Crippen MR) is 63.5 cm³/mol. The first-order chi connectivity index (χ1) is 8.13. The Bertz CT molecular complexity index is 316. The van der Waals surface area contributed by atoms with Gasteiger partial charge in [0.15, 0.2) is 0 Å². The second-order valence-electron chi connectivity index (χ2n) is 5.29. The first-order valence-electron chi connectivity index (χ1n) is 6.67. The van der Waals surface area contributed by atoms with Crippen LogP contribution in [0.15, 0.2) is 0 Å². The first kappa shape index (κ1) is 12.4. The Hall–Kier alpha value is -1.06. The summed E-state index contributed by atoms with van der Waals surface area (Å²) in [4.78, 5) is 24.8. The van der Waals surface area contributed by atoms with E-state index in [2.05, 4.69) is 6.92 Å². The number of carboxylic acid groups (broad SMARTS) is 1. The van der Waals surface area contributed by atoms with Gasteiger partial charge in [0.2, 0.25) is 5.91 Å². The lowest BCUT2D eigenvalue weighted by molar-refractivity contribution is -0.150. The van der Waals surface area contributed by atoms with Crippen LogP contribution in [0.2, 0.25) is 0 Å². The number of carboxylic acids is 1. The second-order valence-corrected chi connectivity index (χ2v) is 5.29. The molecule has 96 valence electrons. The van der Waals surface area contributed by atoms with Crippen molar-refractivity contribution < 1.29 is 14.7 Å². The van der Waals surface area contributed by atoms with Crippen molar-refractivity contribution in [1.29, 1.82) is 0 Å². The highest BCUT2D eigenvalue weighted by molar-refractivity contribution is 5.84. The Kier molecular flexibility index (Phi) is 3.69. The smallest absolute Gasteiger partial charge is 0.326 e. The van der Waals surface area contributed by atoms with Gasteiger partial charge in [-0.2, -0.15) is 0 Å². The van der Waals surface area contributed by atoms with Crippen molar-refractivity contribution in [3.63, 3.8) is 0 Å². The molecule has 2 aliphatic rings. The summed E-state index contributed by atoms with van der Waals surface area (Å²) in [5, 5.41) is 9.16. The lowest BCUT2D eigenvalue weighted by Crippen LogP contribution is -2.46. The first-order valence-corrected chi connectivity index (χ1v) is 6.67. The molecule has 1 amide bonds. The fourth-order valence-electron chi connectivity index (χ4n) is 3.28. The third-order valence-electron chi connectivity index (χ3n) is 4.26. The highest BCUT2D eigenvalue weighted by atomic mass is 16.4. The van der Waals surface area contributed by atoms with Crippen molar-refractivity contribution >= 4 is 11.9 Å². The number of amides is 1. The molecule has 0 aromatic heterocycles. The maximum Gasteiger partial charge on any atom is 0.326 e. The lowest BCUT2D eigenvalue weighted by Gasteiger charge is -2.33. The maximum atomic E-state index is 12.0. The Morgan fingerprint density at radius 1 is 1.41 bits per heavy atom. The van der Waals surface area contributed by atoms with Crippen LogP contribution >= 0.6 is 0 Å². The molecule has 0 radical (unpaired) electrons. The summed E-state index contributed by atoms with van der Waals surface area (Å²) in [6.45, 7) is 2.18. The van der Waals surface area contributed by atoms with Crippen LogP contribution in [0.25, 0.3) is 0 Å². The SMILES string of the molecule is CC[C@H]1CCCC(=O)N2[C@H](CC[C@H]2C(=O)O)C1. The summed E-state index contributed by atoms with van der Waals surface area (Å²) >= 11 is 0. The molecule has 2 heterocycles. The Labute approximate surface area is 102 Å². The lowest BCUT2D eigenvalue weighted by atomic mass is 9.89. The molecule has 0 unspecified atom stereocenters. The molecule has 17 heavy (non-hydrogen) atoms. The molecule has 0 saturated carbocycles. The van der Waals surface area contributed by atoms with Crippen LogP contribution in [0.5, 0.6) is 0 Å². The molecule has 0 spiro atoms. The predicted octanol–water partition coefficient (Wildman–Crippen LogP) is 2.03. The summed E-state index contributed by atoms with van der Waals surface area (Å²) in [6.07, 6.45) is 6.16. The van der Waals surface area contributed by atoms with Crippen LogP contribution < -0.4 is 0 Å². The molecule has 2 aliphatic heterocycles. The highest BCUT2D eigenvalue weighted by Crippen LogP contribution is 2.34. The van der Waals surface area contributed by atoms with Gasteiger partial charge in [-0.05, 0) is 38.0 Å². The van der Waals surface area contributed by atoms with Crippen molar-refractivity contribution in [2.45, 2.75) is 64.0 Å². The second kappa shape index (κ2) is 5.07. The Morgan fingerprint density at radius 3 is 2.82 bits per heavy atom. The van der Waals surface area contributed by atoms with E-state index < -0.39 is 12.0 Å². The van der Waals surface area contributed by atoms with Crippen molar-refractivity contribution in [1.82, 2.24) is 4.90 Å². The standard InChI is InChI=1S/C13H21NO3/c1-2-9-4-3-5-12(15)14-10(8-9)6-7-11(14)13(16)17/h9-11H,2-8H2,1H3,(H,16,17)/t9-,10+,11-/m0/s1. The van der Waals surface area contributed by atoms with Crippen LogP contribution in [-0.2, 0) is 9.59 Å². The van der Waals surface area contributed by atoms with Crippen molar-refractivity contribution in [2.75, 3.05) is 0 Å². The number of hydrogen-bond donors (Lipinski definition) is 1. The molecular formula is C13H21NO3. The summed E-state index contributed by atoms with van der Waals surface area (Å²) in [6, 6.07) is -0.392. The zero-order chi connectivity index (χ0) is 12.4. The van der Waals surface area contributed by atoms with E-state index in [0.29, 0.717) is 18.8 Å². The van der Waals surface area contributed by atoms with E-state index in [-0.39, 0.29) is 11.9 Å². The summed E-state index contributed by atoms with van der Waals surface area (Å²) < 4.78 is 0. The molecule has 3 atom stereocenters. The molecule has 1 N–H and O–H groups in total. The van der Waals surface area contributed by atoms with Gasteiger partial charge in [0.25, 0.3) is 0 Å². The number of hydrogen-bond acceptors (Lipinski definition) is 2. The minimum Gasteiger partial charge on any atom is -0.480 e. The van der Waals surface area contributed by atoms with E-state index in [9.17, 15) is 9.59 Å². The zero-order valence-electron chi connectivity index (χ0n) is 10.4. The molecule has 2 rings (SSSR count). The summed E-state index contributed by atoms with van der Waals surface area (Å²) in [5.41, 5.74) is 0. The molecular weight excluding hydrogens is 218 g/mol. The van der Waals surface area contributed by atoms with Crippen LogP contribution in [0.3, 0.4) is 0 Å². The molecule has 0 aromatic carbocycles. The fraction of sp³-hybridized carbons (Fsp3) is 0.846. The van der Waals surface area contributed by atoms with Crippen molar-refractivity contribution in [3.8, 4) is 0 Å². The van der Waals surface area contributed by atoms with Crippen LogP contribution in [0, 0.1) is 5.92 Å². The third kappa shape index (κ3) is 2.45.